The highest BCUT2D eigenvalue weighted by molar-refractivity contribution is 5.87. The van der Waals surface area contributed by atoms with Gasteiger partial charge in [0, 0.05) is 19.8 Å². The first-order valence-corrected chi connectivity index (χ1v) is 5.33. The fourth-order valence-electron chi connectivity index (χ4n) is 1.70. The zero-order valence-corrected chi connectivity index (χ0v) is 9.36. The predicted molar refractivity (Wildman–Crippen MR) is 56.8 cm³/mol. The average molecular weight is 230 g/mol. The molecule has 16 heavy (non-hydrogen) atoms. The van der Waals surface area contributed by atoms with Crippen molar-refractivity contribution in [2.45, 2.75) is 25.8 Å². The van der Waals surface area contributed by atoms with E-state index in [1.165, 1.54) is 6.92 Å². The van der Waals surface area contributed by atoms with Gasteiger partial charge in [-0.25, -0.2) is 0 Å². The number of ether oxygens (including phenoxy) is 1. The van der Waals surface area contributed by atoms with Gasteiger partial charge in [0.15, 0.2) is 0 Å². The number of nitrogens with one attached hydrogen (secondary N) is 1. The first kappa shape index (κ1) is 12.9. The summed E-state index contributed by atoms with van der Waals surface area (Å²) in [7, 11) is 0. The largest absolute Gasteiger partial charge is 0.480 e. The Kier molecular flexibility index (Phi) is 4.26. The third-order valence-electron chi connectivity index (χ3n) is 3.04. The van der Waals surface area contributed by atoms with Crippen molar-refractivity contribution in [2.24, 2.45) is 11.1 Å². The maximum atomic E-state index is 12.0. The van der Waals surface area contributed by atoms with Crippen LogP contribution < -0.4 is 11.1 Å². The topological polar surface area (TPSA) is 102 Å². The number of carbonyl (C=O) groups is 2. The van der Waals surface area contributed by atoms with E-state index in [1.54, 1.807) is 0 Å². The number of amides is 1. The number of hydrogen-bond donors (Lipinski definition) is 3. The van der Waals surface area contributed by atoms with Gasteiger partial charge >= 0.3 is 5.97 Å². The van der Waals surface area contributed by atoms with Crippen LogP contribution in [0.15, 0.2) is 0 Å². The van der Waals surface area contributed by atoms with E-state index < -0.39 is 17.4 Å². The van der Waals surface area contributed by atoms with Gasteiger partial charge in [0.25, 0.3) is 0 Å². The molecule has 4 N–H and O–H groups in total. The van der Waals surface area contributed by atoms with E-state index in [0.717, 1.165) is 0 Å². The quantitative estimate of drug-likeness (QED) is 0.594. The van der Waals surface area contributed by atoms with Crippen LogP contribution in [-0.4, -0.2) is 42.8 Å². The number of rotatable bonds is 4. The molecule has 0 aromatic carbocycles. The highest BCUT2D eigenvalue weighted by Crippen LogP contribution is 2.29. The van der Waals surface area contributed by atoms with Gasteiger partial charge in [-0.1, -0.05) is 0 Å². The number of carboxylic acid groups (broad SMARTS) is 1. The van der Waals surface area contributed by atoms with Crippen molar-refractivity contribution in [3.05, 3.63) is 0 Å². The lowest BCUT2D eigenvalue weighted by molar-refractivity contribution is -0.145. The molecule has 1 fully saturated rings. The molecule has 0 bridgehead atoms. The molecule has 6 heteroatoms. The first-order chi connectivity index (χ1) is 7.52. The molecular weight excluding hydrogens is 212 g/mol. The Labute approximate surface area is 94.1 Å². The molecule has 0 radical (unpaired) electrons. The van der Waals surface area contributed by atoms with Crippen LogP contribution in [0.5, 0.6) is 0 Å². The van der Waals surface area contributed by atoms with E-state index in [0.29, 0.717) is 26.1 Å². The molecule has 0 spiro atoms. The zero-order valence-electron chi connectivity index (χ0n) is 9.36. The van der Waals surface area contributed by atoms with Gasteiger partial charge in [-0.3, -0.25) is 9.59 Å². The van der Waals surface area contributed by atoms with E-state index in [4.69, 9.17) is 15.6 Å². The van der Waals surface area contributed by atoms with Gasteiger partial charge in [0.05, 0.1) is 5.41 Å². The summed E-state index contributed by atoms with van der Waals surface area (Å²) in [6.07, 6.45) is 1.09. The van der Waals surface area contributed by atoms with Crippen molar-refractivity contribution < 1.29 is 19.4 Å². The minimum Gasteiger partial charge on any atom is -0.480 e. The van der Waals surface area contributed by atoms with E-state index in [-0.39, 0.29) is 12.5 Å². The Hall–Kier alpha value is -1.14. The van der Waals surface area contributed by atoms with E-state index >= 15 is 0 Å². The maximum absolute atomic E-state index is 12.0. The van der Waals surface area contributed by atoms with Gasteiger partial charge in [0.1, 0.15) is 6.04 Å². The lowest BCUT2D eigenvalue weighted by Crippen LogP contribution is -2.52. The molecule has 1 rings (SSSR count). The van der Waals surface area contributed by atoms with Crippen LogP contribution in [-0.2, 0) is 14.3 Å². The molecule has 6 nitrogen and oxygen atoms in total. The molecule has 0 aromatic rings. The number of carbonyl (C=O) groups excluding carboxylic acids is 1. The summed E-state index contributed by atoms with van der Waals surface area (Å²) < 4.78 is 5.18. The van der Waals surface area contributed by atoms with Crippen molar-refractivity contribution in [3.8, 4) is 0 Å². The normalized spacial score (nSPS) is 21.1. The third kappa shape index (κ3) is 2.70. The Morgan fingerprint density at radius 2 is 2.06 bits per heavy atom. The monoisotopic (exact) mass is 230 g/mol. The maximum Gasteiger partial charge on any atom is 0.325 e. The van der Waals surface area contributed by atoms with Crippen LogP contribution in [0.25, 0.3) is 0 Å². The molecule has 0 aliphatic carbocycles. The minimum absolute atomic E-state index is 0.217. The third-order valence-corrected chi connectivity index (χ3v) is 3.04. The summed E-state index contributed by atoms with van der Waals surface area (Å²) in [6.45, 7) is 2.64. The van der Waals surface area contributed by atoms with Gasteiger partial charge in [0.2, 0.25) is 5.91 Å². The molecular formula is C10H18N2O4. The molecule has 0 unspecified atom stereocenters. The van der Waals surface area contributed by atoms with E-state index in [9.17, 15) is 9.59 Å². The van der Waals surface area contributed by atoms with Crippen molar-refractivity contribution in [1.29, 1.82) is 0 Å². The Balaban J connectivity index is 2.65. The van der Waals surface area contributed by atoms with E-state index in [1.807, 2.05) is 0 Å². The second-order valence-corrected chi connectivity index (χ2v) is 4.13. The first-order valence-electron chi connectivity index (χ1n) is 5.33. The van der Waals surface area contributed by atoms with Gasteiger partial charge in [-0.15, -0.1) is 0 Å². The fourth-order valence-corrected chi connectivity index (χ4v) is 1.70. The summed E-state index contributed by atoms with van der Waals surface area (Å²) in [4.78, 5) is 22.6. The molecule has 92 valence electrons. The summed E-state index contributed by atoms with van der Waals surface area (Å²) in [6, 6.07) is -0.890. The van der Waals surface area contributed by atoms with Crippen molar-refractivity contribution in [2.75, 3.05) is 19.8 Å². The molecule has 1 heterocycles. The molecule has 1 aliphatic heterocycles. The molecule has 1 amide bonds. The smallest absolute Gasteiger partial charge is 0.325 e. The number of hydrogen-bond acceptors (Lipinski definition) is 4. The highest BCUT2D eigenvalue weighted by atomic mass is 16.5. The predicted octanol–water partition coefficient (Wildman–Crippen LogP) is -0.669. The van der Waals surface area contributed by atoms with Crippen LogP contribution in [0.3, 0.4) is 0 Å². The number of nitrogens with two attached hydrogens (primary N) is 1. The summed E-state index contributed by atoms with van der Waals surface area (Å²) >= 11 is 0. The Bertz CT molecular complexity index is 274. The Morgan fingerprint density at radius 3 is 2.50 bits per heavy atom. The zero-order chi connectivity index (χ0) is 12.2. The van der Waals surface area contributed by atoms with Crippen LogP contribution in [0.2, 0.25) is 0 Å². The SMILES string of the molecule is C[C@@H](NC(=O)C1(CN)CCOCC1)C(=O)O. The fraction of sp³-hybridized carbons (Fsp3) is 0.800. The number of carboxylic acids is 1. The Morgan fingerprint density at radius 1 is 1.50 bits per heavy atom. The van der Waals surface area contributed by atoms with Crippen molar-refractivity contribution in [3.63, 3.8) is 0 Å². The second-order valence-electron chi connectivity index (χ2n) is 4.13. The average Bonchev–Trinajstić information content (AvgIpc) is 2.29. The minimum atomic E-state index is -1.05. The van der Waals surface area contributed by atoms with Gasteiger partial charge in [-0.05, 0) is 19.8 Å². The highest BCUT2D eigenvalue weighted by Gasteiger charge is 2.39. The van der Waals surface area contributed by atoms with Gasteiger partial charge < -0.3 is 20.9 Å². The lowest BCUT2D eigenvalue weighted by atomic mass is 9.79. The van der Waals surface area contributed by atoms with E-state index in [2.05, 4.69) is 5.32 Å². The van der Waals surface area contributed by atoms with Crippen LogP contribution in [0, 0.1) is 5.41 Å². The number of aliphatic carboxylic acids is 1. The van der Waals surface area contributed by atoms with Crippen molar-refractivity contribution >= 4 is 11.9 Å². The molecule has 1 atom stereocenters. The summed E-state index contributed by atoms with van der Waals surface area (Å²) in [5.74, 6) is -1.33. The van der Waals surface area contributed by atoms with Crippen LogP contribution in [0.4, 0.5) is 0 Å². The summed E-state index contributed by atoms with van der Waals surface area (Å²) in [5.41, 5.74) is 4.96. The van der Waals surface area contributed by atoms with Crippen LogP contribution in [0.1, 0.15) is 19.8 Å². The summed E-state index contributed by atoms with van der Waals surface area (Å²) in [5, 5.41) is 11.2. The van der Waals surface area contributed by atoms with Crippen LogP contribution >= 0.6 is 0 Å². The molecule has 0 aromatic heterocycles. The van der Waals surface area contributed by atoms with Gasteiger partial charge in [-0.2, -0.15) is 0 Å². The second kappa shape index (κ2) is 5.27. The molecule has 1 saturated heterocycles. The van der Waals surface area contributed by atoms with Crippen molar-refractivity contribution in [1.82, 2.24) is 5.32 Å². The molecule has 1 aliphatic rings. The molecule has 0 saturated carbocycles. The standard InChI is InChI=1S/C10H18N2O4/c1-7(8(13)14)12-9(15)10(6-11)2-4-16-5-3-10/h7H,2-6,11H2,1H3,(H,12,15)(H,13,14)/t7-/m1/s1. The lowest BCUT2D eigenvalue weighted by Gasteiger charge is -2.35.